The Kier molecular flexibility index (Phi) is 7.55. The van der Waals surface area contributed by atoms with Gasteiger partial charge in [-0.15, -0.1) is 11.1 Å². The van der Waals surface area contributed by atoms with E-state index in [0.29, 0.717) is 12.1 Å². The molecule has 0 bridgehead atoms. The first-order valence-electron chi connectivity index (χ1n) is 12.9. The van der Waals surface area contributed by atoms with Gasteiger partial charge in [0.1, 0.15) is 16.1 Å². The highest BCUT2D eigenvalue weighted by Crippen LogP contribution is 2.37. The summed E-state index contributed by atoms with van der Waals surface area (Å²) in [6.45, 7) is 13.7. The topological polar surface area (TPSA) is 24.1 Å². The highest BCUT2D eigenvalue weighted by molar-refractivity contribution is 6.84. The SMILES string of the molecule is C[Si](C)(C)C#Cc1ccc([C@@H]2N[C@@H]3CCCC[C@H]3N[C@H]2c2ccc(C#C[Si](C)(C)C)cc2)cc1. The smallest absolute Gasteiger partial charge is 0.129 e. The summed E-state index contributed by atoms with van der Waals surface area (Å²) in [6.07, 6.45) is 5.16. The fraction of sp³-hybridized carbons (Fsp3) is 0.467. The van der Waals surface area contributed by atoms with Gasteiger partial charge in [-0.3, -0.25) is 0 Å². The third-order valence-electron chi connectivity index (χ3n) is 6.59. The molecule has 4 rings (SSSR count). The summed E-state index contributed by atoms with van der Waals surface area (Å²) in [6, 6.07) is 19.5. The maximum atomic E-state index is 4.04. The Hall–Kier alpha value is -2.09. The molecule has 4 atom stereocenters. The normalized spacial score (nSPS) is 24.8. The molecule has 0 spiro atoms. The molecule has 1 saturated carbocycles. The largest absolute Gasteiger partial charge is 0.304 e. The molecule has 0 aromatic heterocycles. The molecule has 1 saturated heterocycles. The molecule has 1 aliphatic carbocycles. The van der Waals surface area contributed by atoms with Gasteiger partial charge in [0.2, 0.25) is 0 Å². The Morgan fingerprint density at radius 1 is 0.588 bits per heavy atom. The summed E-state index contributed by atoms with van der Waals surface area (Å²) in [5.74, 6) is 6.79. The van der Waals surface area contributed by atoms with E-state index in [1.807, 2.05) is 0 Å². The van der Waals surface area contributed by atoms with Gasteiger partial charge in [0.05, 0.1) is 12.1 Å². The minimum absolute atomic E-state index is 0.247. The molecule has 34 heavy (non-hydrogen) atoms. The van der Waals surface area contributed by atoms with E-state index in [1.54, 1.807) is 0 Å². The van der Waals surface area contributed by atoms with Crippen molar-refractivity contribution < 1.29 is 0 Å². The number of benzene rings is 2. The van der Waals surface area contributed by atoms with Crippen molar-refractivity contribution in [3.05, 3.63) is 70.8 Å². The number of hydrogen-bond acceptors (Lipinski definition) is 2. The molecule has 178 valence electrons. The maximum absolute atomic E-state index is 4.04. The predicted molar refractivity (Wildman–Crippen MR) is 151 cm³/mol. The Morgan fingerprint density at radius 2 is 0.941 bits per heavy atom. The lowest BCUT2D eigenvalue weighted by Crippen LogP contribution is -2.59. The number of rotatable bonds is 2. The van der Waals surface area contributed by atoms with E-state index in [1.165, 1.54) is 36.8 Å². The molecule has 0 amide bonds. The van der Waals surface area contributed by atoms with Crippen LogP contribution in [0.15, 0.2) is 48.5 Å². The Labute approximate surface area is 209 Å². The molecule has 2 nitrogen and oxygen atoms in total. The van der Waals surface area contributed by atoms with E-state index in [9.17, 15) is 0 Å². The van der Waals surface area contributed by atoms with Crippen LogP contribution in [0.25, 0.3) is 0 Å². The molecule has 2 fully saturated rings. The van der Waals surface area contributed by atoms with Crippen molar-refractivity contribution in [1.29, 1.82) is 0 Å². The van der Waals surface area contributed by atoms with Crippen LogP contribution in [0, 0.1) is 22.9 Å². The van der Waals surface area contributed by atoms with E-state index in [4.69, 9.17) is 0 Å². The number of fused-ring (bicyclic) bond motifs is 1. The zero-order chi connectivity index (χ0) is 24.3. The van der Waals surface area contributed by atoms with E-state index in [0.717, 1.165) is 11.1 Å². The molecule has 0 unspecified atom stereocenters. The van der Waals surface area contributed by atoms with Gasteiger partial charge in [0.25, 0.3) is 0 Å². The average Bonchev–Trinajstić information content (AvgIpc) is 2.80. The number of piperazine rings is 1. The Bertz CT molecular complexity index is 1010. The van der Waals surface area contributed by atoms with Gasteiger partial charge in [-0.2, -0.15) is 0 Å². The molecule has 1 heterocycles. The molecule has 2 N–H and O–H groups in total. The molecular weight excluding hydrogens is 445 g/mol. The van der Waals surface area contributed by atoms with Crippen LogP contribution in [0.1, 0.15) is 60.0 Å². The second-order valence-electron chi connectivity index (χ2n) is 12.0. The van der Waals surface area contributed by atoms with Crippen molar-refractivity contribution in [2.75, 3.05) is 0 Å². The molecule has 4 heteroatoms. The van der Waals surface area contributed by atoms with Gasteiger partial charge in [-0.1, -0.05) is 88.2 Å². The van der Waals surface area contributed by atoms with Crippen LogP contribution in [0.4, 0.5) is 0 Å². The summed E-state index contributed by atoms with van der Waals surface area (Å²) in [4.78, 5) is 0. The van der Waals surface area contributed by atoms with Gasteiger partial charge in [0, 0.05) is 23.2 Å². The van der Waals surface area contributed by atoms with E-state index < -0.39 is 16.1 Å². The Morgan fingerprint density at radius 3 is 1.26 bits per heavy atom. The highest BCUT2D eigenvalue weighted by Gasteiger charge is 2.38. The van der Waals surface area contributed by atoms with Crippen molar-refractivity contribution in [3.63, 3.8) is 0 Å². The molecular formula is C30H40N2Si2. The van der Waals surface area contributed by atoms with Crippen LogP contribution >= 0.6 is 0 Å². The monoisotopic (exact) mass is 484 g/mol. The molecule has 2 aromatic carbocycles. The minimum Gasteiger partial charge on any atom is -0.304 e. The van der Waals surface area contributed by atoms with Gasteiger partial charge in [0.15, 0.2) is 0 Å². The zero-order valence-corrected chi connectivity index (χ0v) is 23.8. The zero-order valence-electron chi connectivity index (χ0n) is 21.8. The first kappa shape index (κ1) is 25.0. The van der Waals surface area contributed by atoms with Crippen LogP contribution in [0.2, 0.25) is 39.3 Å². The van der Waals surface area contributed by atoms with Crippen molar-refractivity contribution in [1.82, 2.24) is 10.6 Å². The van der Waals surface area contributed by atoms with Crippen molar-refractivity contribution in [2.45, 2.75) is 89.1 Å². The number of nitrogens with one attached hydrogen (secondary N) is 2. The van der Waals surface area contributed by atoms with Crippen LogP contribution in [-0.2, 0) is 0 Å². The highest BCUT2D eigenvalue weighted by atomic mass is 28.3. The first-order valence-corrected chi connectivity index (χ1v) is 19.9. The lowest BCUT2D eigenvalue weighted by atomic mass is 9.82. The summed E-state index contributed by atoms with van der Waals surface area (Å²) >= 11 is 0. The molecule has 1 aliphatic heterocycles. The quantitative estimate of drug-likeness (QED) is 0.379. The summed E-state index contributed by atoms with van der Waals surface area (Å²) in [7, 11) is -2.75. The third-order valence-corrected chi connectivity index (χ3v) is 8.34. The van der Waals surface area contributed by atoms with Gasteiger partial charge in [-0.25, -0.2) is 0 Å². The van der Waals surface area contributed by atoms with Gasteiger partial charge >= 0.3 is 0 Å². The van der Waals surface area contributed by atoms with Crippen molar-refractivity contribution >= 4 is 16.1 Å². The van der Waals surface area contributed by atoms with E-state index >= 15 is 0 Å². The third kappa shape index (κ3) is 6.74. The van der Waals surface area contributed by atoms with E-state index in [-0.39, 0.29) is 12.1 Å². The van der Waals surface area contributed by atoms with Gasteiger partial charge < -0.3 is 10.6 Å². The molecule has 0 radical (unpaired) electrons. The second-order valence-corrected chi connectivity index (χ2v) is 21.5. The fourth-order valence-electron chi connectivity index (χ4n) is 4.83. The van der Waals surface area contributed by atoms with Crippen LogP contribution in [-0.4, -0.2) is 28.2 Å². The first-order chi connectivity index (χ1) is 16.1. The predicted octanol–water partition coefficient (Wildman–Crippen LogP) is 6.43. The van der Waals surface area contributed by atoms with Crippen LogP contribution < -0.4 is 10.6 Å². The van der Waals surface area contributed by atoms with Crippen LogP contribution in [0.3, 0.4) is 0 Å². The van der Waals surface area contributed by atoms with Crippen molar-refractivity contribution in [3.8, 4) is 22.9 Å². The fourth-order valence-corrected chi connectivity index (χ4v) is 5.87. The second kappa shape index (κ2) is 10.3. The van der Waals surface area contributed by atoms with Gasteiger partial charge in [-0.05, 0) is 48.2 Å². The molecule has 2 aliphatic rings. The maximum Gasteiger partial charge on any atom is 0.129 e. The lowest BCUT2D eigenvalue weighted by molar-refractivity contribution is 0.168. The van der Waals surface area contributed by atoms with E-state index in [2.05, 4.69) is 121 Å². The summed E-state index contributed by atoms with van der Waals surface area (Å²) in [5.41, 5.74) is 11.9. The summed E-state index contributed by atoms with van der Waals surface area (Å²) < 4.78 is 0. The van der Waals surface area contributed by atoms with Crippen molar-refractivity contribution in [2.24, 2.45) is 0 Å². The Balaban J connectivity index is 1.61. The summed E-state index contributed by atoms with van der Waals surface area (Å²) in [5, 5.41) is 8.08. The molecule has 2 aromatic rings. The van der Waals surface area contributed by atoms with Crippen LogP contribution in [0.5, 0.6) is 0 Å². The average molecular weight is 485 g/mol. The lowest BCUT2D eigenvalue weighted by Gasteiger charge is -2.46. The standard InChI is InChI=1S/C30H40N2Si2/c1-33(2,3)21-19-23-11-15-25(16-12-23)29-30(32-28-10-8-7-9-27(28)31-29)26-17-13-24(14-18-26)20-22-34(4,5)6/h11-18,27-32H,7-10H2,1-6H3/t27-,28-,29+,30+/m1/s1. The minimum atomic E-state index is -1.37. The number of hydrogen-bond donors (Lipinski definition) is 2.